The summed E-state index contributed by atoms with van der Waals surface area (Å²) in [5.74, 6) is 0.217. The fourth-order valence-corrected chi connectivity index (χ4v) is 4.86. The monoisotopic (exact) mass is 415 g/mol. The highest BCUT2D eigenvalue weighted by Crippen LogP contribution is 2.59. The molecule has 1 heterocycles. The van der Waals surface area contributed by atoms with Crippen molar-refractivity contribution < 1.29 is 14.0 Å². The van der Waals surface area contributed by atoms with Gasteiger partial charge in [0.25, 0.3) is 11.8 Å². The molecule has 152 valence electrons. The Morgan fingerprint density at radius 3 is 2.48 bits per heavy atom. The molecular formula is C22H23ClFN3O2. The van der Waals surface area contributed by atoms with Crippen molar-refractivity contribution in [2.45, 2.75) is 38.3 Å². The number of halogens is 2. The summed E-state index contributed by atoms with van der Waals surface area (Å²) in [6.07, 6.45) is 3.97. The van der Waals surface area contributed by atoms with E-state index in [1.165, 1.54) is 18.3 Å². The van der Waals surface area contributed by atoms with Crippen LogP contribution in [0.25, 0.3) is 0 Å². The summed E-state index contributed by atoms with van der Waals surface area (Å²) in [7, 11) is 0. The molecule has 29 heavy (non-hydrogen) atoms. The average molecular weight is 416 g/mol. The first-order valence-corrected chi connectivity index (χ1v) is 10.3. The van der Waals surface area contributed by atoms with E-state index >= 15 is 0 Å². The van der Waals surface area contributed by atoms with E-state index in [1.54, 1.807) is 24.3 Å². The number of pyridine rings is 1. The predicted molar refractivity (Wildman–Crippen MR) is 108 cm³/mol. The first-order chi connectivity index (χ1) is 14.0. The van der Waals surface area contributed by atoms with Crippen LogP contribution in [0.15, 0.2) is 42.6 Å². The van der Waals surface area contributed by atoms with Gasteiger partial charge in [0.15, 0.2) is 11.5 Å². The second-order valence-electron chi connectivity index (χ2n) is 7.88. The van der Waals surface area contributed by atoms with Crippen LogP contribution in [0.5, 0.6) is 0 Å². The lowest BCUT2D eigenvalue weighted by Crippen LogP contribution is -2.39. The van der Waals surface area contributed by atoms with Crippen molar-refractivity contribution in [2.75, 3.05) is 0 Å². The van der Waals surface area contributed by atoms with E-state index in [9.17, 15) is 14.0 Å². The van der Waals surface area contributed by atoms with E-state index in [0.29, 0.717) is 28.3 Å². The smallest absolute Gasteiger partial charge is 0.273 e. The first kappa shape index (κ1) is 19.8. The Bertz CT molecular complexity index is 909. The quantitative estimate of drug-likeness (QED) is 0.753. The van der Waals surface area contributed by atoms with Crippen molar-refractivity contribution in [3.63, 3.8) is 0 Å². The number of hydrogen-bond donors (Lipinski definition) is 2. The van der Waals surface area contributed by atoms with Crippen molar-refractivity contribution in [3.05, 3.63) is 64.7 Å². The number of amides is 2. The number of hydrogen-bond acceptors (Lipinski definition) is 3. The Morgan fingerprint density at radius 2 is 1.86 bits per heavy atom. The van der Waals surface area contributed by atoms with E-state index in [-0.39, 0.29) is 23.7 Å². The Balaban J connectivity index is 1.31. The van der Waals surface area contributed by atoms with E-state index in [0.717, 1.165) is 19.3 Å². The van der Waals surface area contributed by atoms with Crippen LogP contribution >= 0.6 is 11.6 Å². The fraction of sp³-hybridized carbons (Fsp3) is 0.409. The summed E-state index contributed by atoms with van der Waals surface area (Å²) in [6, 6.07) is 9.70. The fourth-order valence-electron chi connectivity index (χ4n) is 4.74. The van der Waals surface area contributed by atoms with Crippen LogP contribution < -0.4 is 10.6 Å². The van der Waals surface area contributed by atoms with Gasteiger partial charge in [-0.05, 0) is 73.4 Å². The molecule has 5 nitrogen and oxygen atoms in total. The molecule has 7 heteroatoms. The molecule has 0 radical (unpaired) electrons. The maximum absolute atomic E-state index is 13.7. The maximum Gasteiger partial charge on any atom is 0.273 e. The van der Waals surface area contributed by atoms with Gasteiger partial charge in [-0.15, -0.1) is 0 Å². The van der Waals surface area contributed by atoms with Crippen LogP contribution in [0.2, 0.25) is 5.02 Å². The largest absolute Gasteiger partial charge is 0.349 e. The SMILES string of the molecule is CC[C@@H](NC(=O)c1ccc(Cl)cc1)[C@H]1[C@@H]2C[C@@H](NC(=O)c3ncccc3F)C[C@@H]21. The number of carbonyl (C=O) groups is 2. The predicted octanol–water partition coefficient (Wildman–Crippen LogP) is 3.84. The summed E-state index contributed by atoms with van der Waals surface area (Å²) >= 11 is 5.89. The maximum atomic E-state index is 13.7. The molecule has 2 N–H and O–H groups in total. The van der Waals surface area contributed by atoms with Gasteiger partial charge in [0.2, 0.25) is 0 Å². The third-order valence-corrected chi connectivity index (χ3v) is 6.40. The molecule has 4 rings (SSSR count). The minimum Gasteiger partial charge on any atom is -0.349 e. The second kappa shape index (κ2) is 8.11. The van der Waals surface area contributed by atoms with Gasteiger partial charge in [-0.3, -0.25) is 9.59 Å². The summed E-state index contributed by atoms with van der Waals surface area (Å²) in [4.78, 5) is 28.6. The lowest BCUT2D eigenvalue weighted by Gasteiger charge is -2.22. The highest BCUT2D eigenvalue weighted by molar-refractivity contribution is 6.30. The molecular weight excluding hydrogens is 393 g/mol. The van der Waals surface area contributed by atoms with Gasteiger partial charge in [0.1, 0.15) is 0 Å². The zero-order valence-corrected chi connectivity index (χ0v) is 16.8. The van der Waals surface area contributed by atoms with Crippen LogP contribution in [0.3, 0.4) is 0 Å². The topological polar surface area (TPSA) is 71.1 Å². The van der Waals surface area contributed by atoms with Gasteiger partial charge >= 0.3 is 0 Å². The molecule has 2 fully saturated rings. The Hall–Kier alpha value is -2.47. The third kappa shape index (κ3) is 4.13. The number of nitrogens with zero attached hydrogens (tertiary/aromatic N) is 1. The van der Waals surface area contributed by atoms with Gasteiger partial charge in [-0.2, -0.15) is 0 Å². The van der Waals surface area contributed by atoms with E-state index in [1.807, 2.05) is 0 Å². The molecule has 0 aliphatic heterocycles. The lowest BCUT2D eigenvalue weighted by atomic mass is 9.99. The zero-order valence-electron chi connectivity index (χ0n) is 16.1. The third-order valence-electron chi connectivity index (χ3n) is 6.15. The number of nitrogens with one attached hydrogen (secondary N) is 2. The van der Waals surface area contributed by atoms with Crippen LogP contribution in [-0.2, 0) is 0 Å². The standard InChI is InChI=1S/C22H23ClFN3O2/c1-2-18(27-21(28)12-5-7-13(23)8-6-12)19-15-10-14(11-16(15)19)26-22(29)20-17(24)4-3-9-25-20/h3-9,14-16,18-19H,2,10-11H2,1H3,(H,26,29)(H,27,28)/t14-,15-,16+,18-,19+/m1/s1. The molecule has 2 aliphatic carbocycles. The average Bonchev–Trinajstić information content (AvgIpc) is 3.20. The molecule has 2 aliphatic rings. The minimum atomic E-state index is -0.609. The summed E-state index contributed by atoms with van der Waals surface area (Å²) in [5, 5.41) is 6.66. The molecule has 2 aromatic rings. The summed E-state index contributed by atoms with van der Waals surface area (Å²) in [6.45, 7) is 2.07. The zero-order chi connectivity index (χ0) is 20.5. The van der Waals surface area contributed by atoms with Gasteiger partial charge < -0.3 is 10.6 Å². The molecule has 2 amide bonds. The lowest BCUT2D eigenvalue weighted by molar-refractivity contribution is 0.0923. The van der Waals surface area contributed by atoms with Gasteiger partial charge in [0.05, 0.1) is 0 Å². The molecule has 0 bridgehead atoms. The number of rotatable bonds is 6. The highest BCUT2D eigenvalue weighted by Gasteiger charge is 2.58. The minimum absolute atomic E-state index is 0.0274. The number of carbonyl (C=O) groups excluding carboxylic acids is 2. The number of fused-ring (bicyclic) bond motifs is 1. The highest BCUT2D eigenvalue weighted by atomic mass is 35.5. The summed E-state index contributed by atoms with van der Waals surface area (Å²) in [5.41, 5.74) is 0.437. The van der Waals surface area contributed by atoms with Crippen LogP contribution in [0.4, 0.5) is 4.39 Å². The van der Waals surface area contributed by atoms with Crippen molar-refractivity contribution in [2.24, 2.45) is 17.8 Å². The second-order valence-corrected chi connectivity index (χ2v) is 8.31. The molecule has 0 saturated heterocycles. The molecule has 0 spiro atoms. The number of aromatic nitrogens is 1. The molecule has 1 aromatic carbocycles. The first-order valence-electron chi connectivity index (χ1n) is 9.95. The van der Waals surface area contributed by atoms with Crippen LogP contribution in [-0.4, -0.2) is 28.9 Å². The Kier molecular flexibility index (Phi) is 5.54. The molecule has 2 saturated carbocycles. The van der Waals surface area contributed by atoms with Gasteiger partial charge in [0, 0.05) is 28.9 Å². The van der Waals surface area contributed by atoms with Crippen LogP contribution in [0, 0.1) is 23.6 Å². The van der Waals surface area contributed by atoms with Crippen LogP contribution in [0.1, 0.15) is 47.0 Å². The Labute approximate surface area is 174 Å². The normalized spacial score (nSPS) is 25.8. The van der Waals surface area contributed by atoms with E-state index < -0.39 is 11.7 Å². The Morgan fingerprint density at radius 1 is 1.17 bits per heavy atom. The van der Waals surface area contributed by atoms with E-state index in [4.69, 9.17) is 11.6 Å². The molecule has 1 aromatic heterocycles. The van der Waals surface area contributed by atoms with Crippen molar-refractivity contribution in [1.29, 1.82) is 0 Å². The van der Waals surface area contributed by atoms with Gasteiger partial charge in [-0.1, -0.05) is 18.5 Å². The van der Waals surface area contributed by atoms with Crippen molar-refractivity contribution >= 4 is 23.4 Å². The van der Waals surface area contributed by atoms with Gasteiger partial charge in [-0.25, -0.2) is 9.37 Å². The summed E-state index contributed by atoms with van der Waals surface area (Å²) < 4.78 is 13.7. The van der Waals surface area contributed by atoms with Crippen molar-refractivity contribution in [1.82, 2.24) is 15.6 Å². The molecule has 5 atom stereocenters. The van der Waals surface area contributed by atoms with Crippen molar-refractivity contribution in [3.8, 4) is 0 Å². The number of benzene rings is 1. The molecule has 0 unspecified atom stereocenters. The van der Waals surface area contributed by atoms with E-state index in [2.05, 4.69) is 22.5 Å².